The van der Waals surface area contributed by atoms with Crippen LogP contribution < -0.4 is 10.2 Å². The van der Waals surface area contributed by atoms with Gasteiger partial charge in [0.25, 0.3) is 10.0 Å². The number of amides is 1. The number of sulfonamides is 1. The summed E-state index contributed by atoms with van der Waals surface area (Å²) in [6.45, 7) is 5.52. The number of likely N-dealkylation sites (N-methyl/N-ethyl adjacent to an activating group) is 1. The molecule has 2 aromatic heterocycles. The number of anilines is 2. The topological polar surface area (TPSA) is 82.6 Å². The zero-order valence-corrected chi connectivity index (χ0v) is 16.1. The Balaban J connectivity index is 1.98. The second-order valence-corrected chi connectivity index (χ2v) is 8.54. The average Bonchev–Trinajstić information content (AvgIpc) is 3.12. The lowest BCUT2D eigenvalue weighted by Gasteiger charge is -2.20. The molecule has 1 amide bonds. The Morgan fingerprint density at radius 2 is 1.96 bits per heavy atom. The molecule has 2 rings (SSSR count). The van der Waals surface area contributed by atoms with E-state index >= 15 is 0 Å². The van der Waals surface area contributed by atoms with Crippen molar-refractivity contribution in [3.63, 3.8) is 0 Å². The Morgan fingerprint density at radius 1 is 1.24 bits per heavy atom. The van der Waals surface area contributed by atoms with E-state index in [-0.39, 0.29) is 10.8 Å². The van der Waals surface area contributed by atoms with Crippen LogP contribution in [0.2, 0.25) is 0 Å². The molecule has 2 aromatic rings. The first-order valence-corrected chi connectivity index (χ1v) is 10.2. The Kier molecular flexibility index (Phi) is 6.51. The Labute approximate surface area is 152 Å². The number of hydrogen-bond acceptors (Lipinski definition) is 6. The average molecular weight is 383 g/mol. The van der Waals surface area contributed by atoms with Crippen LogP contribution in [0.15, 0.2) is 40.1 Å². The Morgan fingerprint density at radius 3 is 2.48 bits per heavy atom. The summed E-state index contributed by atoms with van der Waals surface area (Å²) in [7, 11) is -2.25. The number of carbonyl (C=O) groups excluding carboxylic acids is 1. The van der Waals surface area contributed by atoms with Crippen molar-refractivity contribution >= 4 is 38.8 Å². The van der Waals surface area contributed by atoms with E-state index in [0.717, 1.165) is 34.5 Å². The van der Waals surface area contributed by atoms with E-state index in [9.17, 15) is 13.2 Å². The van der Waals surface area contributed by atoms with Gasteiger partial charge in [0.05, 0.1) is 18.4 Å². The number of pyridine rings is 1. The molecule has 25 heavy (non-hydrogen) atoms. The van der Waals surface area contributed by atoms with Crippen LogP contribution in [0, 0.1) is 0 Å². The normalized spacial score (nSPS) is 11.5. The van der Waals surface area contributed by atoms with Crippen LogP contribution in [0.4, 0.5) is 11.5 Å². The molecule has 136 valence electrons. The largest absolute Gasteiger partial charge is 0.357 e. The Hall–Kier alpha value is -1.97. The molecule has 0 aliphatic heterocycles. The maximum absolute atomic E-state index is 12.3. The number of rotatable bonds is 8. The molecule has 0 atom stereocenters. The van der Waals surface area contributed by atoms with Crippen molar-refractivity contribution in [1.29, 1.82) is 0 Å². The molecule has 0 aliphatic carbocycles. The molecular formula is C16H22N4O3S2. The monoisotopic (exact) mass is 382 g/mol. The molecule has 0 aromatic carbocycles. The van der Waals surface area contributed by atoms with Gasteiger partial charge in [-0.05, 0) is 37.4 Å². The van der Waals surface area contributed by atoms with Crippen molar-refractivity contribution in [3.05, 3.63) is 35.8 Å². The molecule has 0 saturated carbocycles. The minimum Gasteiger partial charge on any atom is -0.357 e. The van der Waals surface area contributed by atoms with Crippen molar-refractivity contribution in [2.75, 3.05) is 36.9 Å². The fraction of sp³-hybridized carbons (Fsp3) is 0.375. The van der Waals surface area contributed by atoms with Gasteiger partial charge in [-0.1, -0.05) is 6.07 Å². The minimum atomic E-state index is -3.64. The van der Waals surface area contributed by atoms with E-state index in [2.05, 4.69) is 15.2 Å². The summed E-state index contributed by atoms with van der Waals surface area (Å²) in [6.07, 6.45) is 1.57. The summed E-state index contributed by atoms with van der Waals surface area (Å²) in [5, 5.41) is 4.35. The Bertz CT molecular complexity index is 785. The fourth-order valence-corrected chi connectivity index (χ4v) is 4.57. The predicted molar refractivity (Wildman–Crippen MR) is 101 cm³/mol. The zero-order valence-electron chi connectivity index (χ0n) is 14.5. The van der Waals surface area contributed by atoms with Crippen molar-refractivity contribution < 1.29 is 13.2 Å². The van der Waals surface area contributed by atoms with Gasteiger partial charge >= 0.3 is 0 Å². The molecule has 0 unspecified atom stereocenters. The predicted octanol–water partition coefficient (Wildman–Crippen LogP) is 2.25. The van der Waals surface area contributed by atoms with Crippen LogP contribution in [0.1, 0.15) is 13.8 Å². The molecule has 1 N–H and O–H groups in total. The highest BCUT2D eigenvalue weighted by Crippen LogP contribution is 2.20. The van der Waals surface area contributed by atoms with Crippen molar-refractivity contribution in [2.45, 2.75) is 18.1 Å². The highest BCUT2D eigenvalue weighted by Gasteiger charge is 2.23. The number of nitrogens with zero attached hydrogens (tertiary/aromatic N) is 3. The standard InChI is InChI=1S/C16H22N4O3S2/c1-4-20(5-2)14-9-8-13(11-17-14)18-15(21)12-19(3)25(22,23)16-7-6-10-24-16/h6-11H,4-5,12H2,1-3H3,(H,18,21). The molecule has 0 bridgehead atoms. The molecular weight excluding hydrogens is 360 g/mol. The van der Waals surface area contributed by atoms with E-state index in [1.54, 1.807) is 23.7 Å². The third kappa shape index (κ3) is 4.77. The molecule has 7 nitrogen and oxygen atoms in total. The SMILES string of the molecule is CCN(CC)c1ccc(NC(=O)CN(C)S(=O)(=O)c2cccs2)cn1. The van der Waals surface area contributed by atoms with Crippen LogP contribution in [0.25, 0.3) is 0 Å². The number of hydrogen-bond donors (Lipinski definition) is 1. The smallest absolute Gasteiger partial charge is 0.252 e. The highest BCUT2D eigenvalue weighted by atomic mass is 32.2. The lowest BCUT2D eigenvalue weighted by Crippen LogP contribution is -2.34. The first-order chi connectivity index (χ1) is 11.9. The molecule has 2 heterocycles. The third-order valence-electron chi connectivity index (χ3n) is 3.64. The van der Waals surface area contributed by atoms with Crippen LogP contribution in [0.5, 0.6) is 0 Å². The minimum absolute atomic E-state index is 0.216. The summed E-state index contributed by atoms with van der Waals surface area (Å²) in [4.78, 5) is 18.5. The van der Waals surface area contributed by atoms with Crippen molar-refractivity contribution in [2.24, 2.45) is 0 Å². The lowest BCUT2D eigenvalue weighted by molar-refractivity contribution is -0.116. The van der Waals surface area contributed by atoms with E-state index in [1.807, 2.05) is 19.9 Å². The molecule has 0 fully saturated rings. The number of thiophene rings is 1. The van der Waals surface area contributed by atoms with E-state index in [1.165, 1.54) is 13.1 Å². The zero-order chi connectivity index (χ0) is 18.4. The third-order valence-corrected chi connectivity index (χ3v) is 6.82. The van der Waals surface area contributed by atoms with Gasteiger partial charge in [-0.15, -0.1) is 11.3 Å². The first-order valence-electron chi connectivity index (χ1n) is 7.89. The molecule has 0 spiro atoms. The maximum Gasteiger partial charge on any atom is 0.252 e. The molecule has 9 heteroatoms. The summed E-state index contributed by atoms with van der Waals surface area (Å²) in [6, 6.07) is 6.76. The lowest BCUT2D eigenvalue weighted by atomic mass is 10.3. The summed E-state index contributed by atoms with van der Waals surface area (Å²) in [5.74, 6) is 0.417. The maximum atomic E-state index is 12.3. The highest BCUT2D eigenvalue weighted by molar-refractivity contribution is 7.91. The fourth-order valence-electron chi connectivity index (χ4n) is 2.25. The molecule has 0 saturated heterocycles. The van der Waals surface area contributed by atoms with Gasteiger partial charge in [0.1, 0.15) is 10.0 Å². The first kappa shape index (κ1) is 19.4. The van der Waals surface area contributed by atoms with Crippen molar-refractivity contribution in [1.82, 2.24) is 9.29 Å². The second kappa shape index (κ2) is 8.41. The van der Waals surface area contributed by atoms with Gasteiger partial charge in [-0.3, -0.25) is 4.79 Å². The van der Waals surface area contributed by atoms with Crippen LogP contribution in [0.3, 0.4) is 0 Å². The van der Waals surface area contributed by atoms with E-state index in [4.69, 9.17) is 0 Å². The van der Waals surface area contributed by atoms with Crippen LogP contribution >= 0.6 is 11.3 Å². The van der Waals surface area contributed by atoms with Crippen molar-refractivity contribution in [3.8, 4) is 0 Å². The van der Waals surface area contributed by atoms with Gasteiger partial charge in [0.15, 0.2) is 0 Å². The molecule has 0 aliphatic rings. The molecule has 0 radical (unpaired) electrons. The van der Waals surface area contributed by atoms with Gasteiger partial charge in [-0.2, -0.15) is 4.31 Å². The number of aromatic nitrogens is 1. The van der Waals surface area contributed by atoms with Crippen LogP contribution in [-0.4, -0.2) is 50.3 Å². The van der Waals surface area contributed by atoms with Gasteiger partial charge in [0, 0.05) is 20.1 Å². The van der Waals surface area contributed by atoms with E-state index in [0.29, 0.717) is 5.69 Å². The number of nitrogens with one attached hydrogen (secondary N) is 1. The summed E-state index contributed by atoms with van der Waals surface area (Å²) >= 11 is 1.12. The number of carbonyl (C=O) groups is 1. The van der Waals surface area contributed by atoms with Gasteiger partial charge in [0.2, 0.25) is 5.91 Å². The van der Waals surface area contributed by atoms with Gasteiger partial charge < -0.3 is 10.2 Å². The van der Waals surface area contributed by atoms with Crippen LogP contribution in [-0.2, 0) is 14.8 Å². The van der Waals surface area contributed by atoms with E-state index < -0.39 is 15.9 Å². The second-order valence-electron chi connectivity index (χ2n) is 5.32. The summed E-state index contributed by atoms with van der Waals surface area (Å²) in [5.41, 5.74) is 0.530. The summed E-state index contributed by atoms with van der Waals surface area (Å²) < 4.78 is 25.9. The van der Waals surface area contributed by atoms with Gasteiger partial charge in [-0.25, -0.2) is 13.4 Å². The quantitative estimate of drug-likeness (QED) is 0.757.